The highest BCUT2D eigenvalue weighted by Gasteiger charge is 2.31. The molecule has 2 heterocycles. The van der Waals surface area contributed by atoms with Crippen LogP contribution in [0.2, 0.25) is 0 Å². The first-order chi connectivity index (χ1) is 12.0. The number of hydrogen-bond donors (Lipinski definition) is 1. The largest absolute Gasteiger partial charge is 0.377 e. The van der Waals surface area contributed by atoms with Gasteiger partial charge in [-0.3, -0.25) is 9.59 Å². The fourth-order valence-electron chi connectivity index (χ4n) is 3.07. The summed E-state index contributed by atoms with van der Waals surface area (Å²) in [5.41, 5.74) is 0.884. The van der Waals surface area contributed by atoms with Gasteiger partial charge in [-0.2, -0.15) is 0 Å². The summed E-state index contributed by atoms with van der Waals surface area (Å²) in [6, 6.07) is 2.70. The molecule has 0 aromatic heterocycles. The van der Waals surface area contributed by atoms with Crippen LogP contribution in [0.3, 0.4) is 0 Å². The van der Waals surface area contributed by atoms with E-state index in [-0.39, 0.29) is 23.9 Å². The monoisotopic (exact) mass is 350 g/mol. The number of benzene rings is 1. The lowest BCUT2D eigenvalue weighted by molar-refractivity contribution is -0.138. The van der Waals surface area contributed by atoms with Crippen molar-refractivity contribution in [1.82, 2.24) is 10.2 Å². The van der Waals surface area contributed by atoms with Crippen molar-refractivity contribution in [3.05, 3.63) is 47.0 Å². The lowest BCUT2D eigenvalue weighted by Gasteiger charge is -2.33. The number of piperidine rings is 1. The van der Waals surface area contributed by atoms with Gasteiger partial charge in [0.1, 0.15) is 17.7 Å². The molecule has 2 amide bonds. The second-order valence-corrected chi connectivity index (χ2v) is 6.22. The molecule has 7 heteroatoms. The summed E-state index contributed by atoms with van der Waals surface area (Å²) < 4.78 is 32.0. The van der Waals surface area contributed by atoms with Crippen LogP contribution in [0.15, 0.2) is 29.8 Å². The fraction of sp³-hybridized carbons (Fsp3) is 0.444. The number of carbonyl (C=O) groups excluding carboxylic acids is 2. The molecule has 0 spiro atoms. The van der Waals surface area contributed by atoms with E-state index in [9.17, 15) is 18.4 Å². The Bertz CT molecular complexity index is 706. The molecule has 25 heavy (non-hydrogen) atoms. The summed E-state index contributed by atoms with van der Waals surface area (Å²) in [5, 5.41) is 2.77. The Hall–Kier alpha value is -2.28. The third-order valence-electron chi connectivity index (χ3n) is 4.47. The number of nitrogens with one attached hydrogen (secondary N) is 1. The van der Waals surface area contributed by atoms with Gasteiger partial charge in [0.2, 0.25) is 11.8 Å². The van der Waals surface area contributed by atoms with Crippen LogP contribution >= 0.6 is 0 Å². The molecule has 1 atom stereocenters. The number of halogens is 2. The van der Waals surface area contributed by atoms with E-state index < -0.39 is 17.7 Å². The summed E-state index contributed by atoms with van der Waals surface area (Å²) in [5.74, 6) is -1.82. The van der Waals surface area contributed by atoms with Crippen LogP contribution < -0.4 is 5.32 Å². The Morgan fingerprint density at radius 2 is 2.20 bits per heavy atom. The Kier molecular flexibility index (Phi) is 5.43. The molecule has 0 radical (unpaired) electrons. The Balaban J connectivity index is 1.64. The lowest BCUT2D eigenvalue weighted by atomic mass is 10.0. The van der Waals surface area contributed by atoms with Crippen molar-refractivity contribution in [2.75, 3.05) is 19.8 Å². The van der Waals surface area contributed by atoms with Crippen LogP contribution in [-0.4, -0.2) is 42.5 Å². The average Bonchev–Trinajstić information content (AvgIpc) is 2.61. The molecule has 0 saturated carbocycles. The van der Waals surface area contributed by atoms with Crippen molar-refractivity contribution < 1.29 is 23.1 Å². The zero-order valence-corrected chi connectivity index (χ0v) is 13.8. The molecule has 1 aromatic rings. The SMILES string of the molecule is O=C(NC1CCCN(Cc2ccc(F)cc2F)C1=O)C1=CCOCC1. The molecule has 0 aliphatic carbocycles. The molecular formula is C18H20F2N2O3. The number of rotatable bonds is 4. The summed E-state index contributed by atoms with van der Waals surface area (Å²) in [6.07, 6.45) is 3.51. The topological polar surface area (TPSA) is 58.6 Å². The standard InChI is InChI=1S/C18H20F2N2O3/c19-14-4-3-13(15(20)10-14)11-22-7-1-2-16(18(22)24)21-17(23)12-5-8-25-9-6-12/h3-5,10,16H,1-2,6-9,11H2,(H,21,23). The van der Waals surface area contributed by atoms with Crippen molar-refractivity contribution in [3.63, 3.8) is 0 Å². The highest BCUT2D eigenvalue weighted by Crippen LogP contribution is 2.18. The van der Waals surface area contributed by atoms with Gasteiger partial charge in [-0.25, -0.2) is 8.78 Å². The second kappa shape index (κ2) is 7.74. The Morgan fingerprint density at radius 3 is 2.92 bits per heavy atom. The normalized spacial score (nSPS) is 21.0. The Labute approximate surface area is 144 Å². The van der Waals surface area contributed by atoms with E-state index in [1.165, 1.54) is 17.0 Å². The fourth-order valence-corrected chi connectivity index (χ4v) is 3.07. The van der Waals surface area contributed by atoms with E-state index >= 15 is 0 Å². The molecular weight excluding hydrogens is 330 g/mol. The van der Waals surface area contributed by atoms with Gasteiger partial charge >= 0.3 is 0 Å². The molecule has 1 fully saturated rings. The van der Waals surface area contributed by atoms with E-state index in [0.717, 1.165) is 6.07 Å². The Morgan fingerprint density at radius 1 is 1.36 bits per heavy atom. The van der Waals surface area contributed by atoms with Gasteiger partial charge in [-0.1, -0.05) is 12.1 Å². The minimum Gasteiger partial charge on any atom is -0.377 e. The average molecular weight is 350 g/mol. The maximum absolute atomic E-state index is 13.8. The molecule has 0 bridgehead atoms. The third-order valence-corrected chi connectivity index (χ3v) is 4.47. The maximum Gasteiger partial charge on any atom is 0.247 e. The van der Waals surface area contributed by atoms with Gasteiger partial charge in [0.25, 0.3) is 0 Å². The number of carbonyl (C=O) groups is 2. The van der Waals surface area contributed by atoms with E-state index in [4.69, 9.17) is 4.74 Å². The minimum absolute atomic E-state index is 0.0633. The van der Waals surface area contributed by atoms with Gasteiger partial charge in [-0.05, 0) is 18.9 Å². The van der Waals surface area contributed by atoms with Crippen LogP contribution in [-0.2, 0) is 20.9 Å². The van der Waals surface area contributed by atoms with Crippen molar-refractivity contribution in [2.24, 2.45) is 0 Å². The highest BCUT2D eigenvalue weighted by molar-refractivity contribution is 5.97. The molecule has 5 nitrogen and oxygen atoms in total. The van der Waals surface area contributed by atoms with Gasteiger partial charge < -0.3 is 15.0 Å². The predicted molar refractivity (Wildman–Crippen MR) is 86.5 cm³/mol. The van der Waals surface area contributed by atoms with Crippen molar-refractivity contribution in [2.45, 2.75) is 31.8 Å². The first kappa shape index (κ1) is 17.5. The number of ether oxygens (including phenoxy) is 1. The van der Waals surface area contributed by atoms with Crippen LogP contribution in [0, 0.1) is 11.6 Å². The van der Waals surface area contributed by atoms with E-state index in [0.29, 0.717) is 44.6 Å². The summed E-state index contributed by atoms with van der Waals surface area (Å²) >= 11 is 0. The van der Waals surface area contributed by atoms with Gasteiger partial charge in [0, 0.05) is 36.7 Å². The lowest BCUT2D eigenvalue weighted by Crippen LogP contribution is -2.52. The summed E-state index contributed by atoms with van der Waals surface area (Å²) in [6.45, 7) is 1.44. The molecule has 1 aromatic carbocycles. The molecule has 1 N–H and O–H groups in total. The second-order valence-electron chi connectivity index (χ2n) is 6.22. The quantitative estimate of drug-likeness (QED) is 0.903. The van der Waals surface area contributed by atoms with Crippen molar-refractivity contribution in [3.8, 4) is 0 Å². The highest BCUT2D eigenvalue weighted by atomic mass is 19.1. The zero-order chi connectivity index (χ0) is 17.8. The molecule has 2 aliphatic rings. The molecule has 1 saturated heterocycles. The van der Waals surface area contributed by atoms with Crippen molar-refractivity contribution >= 4 is 11.8 Å². The van der Waals surface area contributed by atoms with Crippen LogP contribution in [0.25, 0.3) is 0 Å². The smallest absolute Gasteiger partial charge is 0.247 e. The number of nitrogens with zero attached hydrogens (tertiary/aromatic N) is 1. The first-order valence-corrected chi connectivity index (χ1v) is 8.35. The predicted octanol–water partition coefficient (Wildman–Crippen LogP) is 1.92. The van der Waals surface area contributed by atoms with Crippen LogP contribution in [0.5, 0.6) is 0 Å². The van der Waals surface area contributed by atoms with E-state index in [1.54, 1.807) is 6.08 Å². The summed E-state index contributed by atoms with van der Waals surface area (Å²) in [4.78, 5) is 26.4. The van der Waals surface area contributed by atoms with Crippen LogP contribution in [0.4, 0.5) is 8.78 Å². The van der Waals surface area contributed by atoms with Crippen LogP contribution in [0.1, 0.15) is 24.8 Å². The third kappa shape index (κ3) is 4.22. The van der Waals surface area contributed by atoms with Gasteiger partial charge in [0.05, 0.1) is 13.2 Å². The van der Waals surface area contributed by atoms with Crippen molar-refractivity contribution in [1.29, 1.82) is 0 Å². The van der Waals surface area contributed by atoms with E-state index in [2.05, 4.69) is 5.32 Å². The first-order valence-electron chi connectivity index (χ1n) is 8.35. The van der Waals surface area contributed by atoms with Gasteiger partial charge in [0.15, 0.2) is 0 Å². The summed E-state index contributed by atoms with van der Waals surface area (Å²) in [7, 11) is 0. The molecule has 2 aliphatic heterocycles. The molecule has 134 valence electrons. The van der Waals surface area contributed by atoms with E-state index in [1.807, 2.05) is 0 Å². The maximum atomic E-state index is 13.8. The minimum atomic E-state index is -0.675. The molecule has 1 unspecified atom stereocenters. The zero-order valence-electron chi connectivity index (χ0n) is 13.8. The number of hydrogen-bond acceptors (Lipinski definition) is 3. The molecule has 3 rings (SSSR count). The van der Waals surface area contributed by atoms with Gasteiger partial charge in [-0.15, -0.1) is 0 Å². The number of amides is 2. The number of likely N-dealkylation sites (tertiary alicyclic amines) is 1.